The van der Waals surface area contributed by atoms with Crippen molar-refractivity contribution in [3.63, 3.8) is 0 Å². The van der Waals surface area contributed by atoms with Crippen LogP contribution in [0.1, 0.15) is 43.3 Å². The molecule has 11 heteroatoms. The third-order valence-corrected chi connectivity index (χ3v) is 5.48. The van der Waals surface area contributed by atoms with E-state index in [0.717, 1.165) is 17.8 Å². The van der Waals surface area contributed by atoms with Gasteiger partial charge in [0.05, 0.1) is 18.9 Å². The summed E-state index contributed by atoms with van der Waals surface area (Å²) in [5, 5.41) is 0. The largest absolute Gasteiger partial charge is 0.489 e. The van der Waals surface area contributed by atoms with Crippen LogP contribution in [0.5, 0.6) is 11.5 Å². The van der Waals surface area contributed by atoms with Crippen LogP contribution in [0.15, 0.2) is 42.7 Å². The van der Waals surface area contributed by atoms with Gasteiger partial charge in [0, 0.05) is 37.1 Å². The van der Waals surface area contributed by atoms with Gasteiger partial charge in [-0.2, -0.15) is 13.2 Å². The van der Waals surface area contributed by atoms with Gasteiger partial charge in [0.25, 0.3) is 0 Å². The maximum atomic E-state index is 12.8. The van der Waals surface area contributed by atoms with Gasteiger partial charge < -0.3 is 18.9 Å². The van der Waals surface area contributed by atoms with E-state index in [4.69, 9.17) is 18.9 Å². The van der Waals surface area contributed by atoms with E-state index in [0.29, 0.717) is 41.3 Å². The topological polar surface area (TPSA) is 92.7 Å². The monoisotopic (exact) mass is 533 g/mol. The highest BCUT2D eigenvalue weighted by atomic mass is 19.4. The summed E-state index contributed by atoms with van der Waals surface area (Å²) in [6.07, 6.45) is -1.39. The van der Waals surface area contributed by atoms with Crippen LogP contribution in [0.3, 0.4) is 0 Å². The second-order valence-electron chi connectivity index (χ2n) is 8.89. The number of halogens is 3. The van der Waals surface area contributed by atoms with Gasteiger partial charge in [0.15, 0.2) is 11.4 Å². The molecule has 0 unspecified atom stereocenters. The Hall–Kier alpha value is -3.73. The molecule has 0 aliphatic rings. The number of aromatic nitrogens is 3. The molecule has 0 saturated heterocycles. The van der Waals surface area contributed by atoms with Crippen molar-refractivity contribution in [1.82, 2.24) is 15.0 Å². The maximum Gasteiger partial charge on any atom is 0.433 e. The van der Waals surface area contributed by atoms with Crippen molar-refractivity contribution in [2.45, 2.75) is 52.5 Å². The summed E-state index contributed by atoms with van der Waals surface area (Å²) in [7, 11) is 1.56. The van der Waals surface area contributed by atoms with Gasteiger partial charge >= 0.3 is 12.1 Å². The summed E-state index contributed by atoms with van der Waals surface area (Å²) in [6, 6.07) is 7.41. The van der Waals surface area contributed by atoms with Crippen molar-refractivity contribution in [1.29, 1.82) is 0 Å². The Balaban J connectivity index is 1.75. The first kappa shape index (κ1) is 28.8. The van der Waals surface area contributed by atoms with E-state index < -0.39 is 23.4 Å². The zero-order valence-electron chi connectivity index (χ0n) is 21.9. The third kappa shape index (κ3) is 7.41. The van der Waals surface area contributed by atoms with E-state index >= 15 is 0 Å². The first-order valence-corrected chi connectivity index (χ1v) is 11.9. The van der Waals surface area contributed by atoms with Gasteiger partial charge in [-0.15, -0.1) is 0 Å². The number of alkyl halides is 3. The highest BCUT2D eigenvalue weighted by Gasteiger charge is 2.33. The predicted octanol–water partition coefficient (Wildman–Crippen LogP) is 5.35. The van der Waals surface area contributed by atoms with Crippen LogP contribution in [-0.4, -0.2) is 46.8 Å². The van der Waals surface area contributed by atoms with E-state index in [-0.39, 0.29) is 19.0 Å². The first-order chi connectivity index (χ1) is 17.9. The molecule has 1 aromatic carbocycles. The molecule has 2 heterocycles. The Bertz CT molecular complexity index is 1250. The molecule has 0 aliphatic heterocycles. The van der Waals surface area contributed by atoms with Gasteiger partial charge in [0.2, 0.25) is 0 Å². The lowest BCUT2D eigenvalue weighted by Gasteiger charge is -2.25. The fourth-order valence-electron chi connectivity index (χ4n) is 3.42. The number of rotatable bonds is 11. The molecular formula is C27H30F3N3O5. The summed E-state index contributed by atoms with van der Waals surface area (Å²) < 4.78 is 60.6. The summed E-state index contributed by atoms with van der Waals surface area (Å²) in [5.41, 5.74) is 0.335. The summed E-state index contributed by atoms with van der Waals surface area (Å²) in [5.74, 6) is 0.882. The normalized spacial score (nSPS) is 11.8. The molecule has 8 nitrogen and oxygen atoms in total. The lowest BCUT2D eigenvalue weighted by atomic mass is 10.1. The van der Waals surface area contributed by atoms with Crippen LogP contribution in [-0.2, 0) is 33.5 Å². The molecule has 0 saturated carbocycles. The second-order valence-corrected chi connectivity index (χ2v) is 8.89. The van der Waals surface area contributed by atoms with E-state index in [1.165, 1.54) is 6.07 Å². The number of methoxy groups -OCH3 is 1. The molecule has 0 radical (unpaired) electrons. The zero-order chi connectivity index (χ0) is 27.9. The van der Waals surface area contributed by atoms with Gasteiger partial charge in [-0.05, 0) is 63.6 Å². The standard InChI is InChI=1S/C27H30F3N3O5/c1-6-36-25(34)26(3,4)38-22-9-8-20(13-17(22)2)37-16-19-15-32-24(33-21(19)11-12-35-5)18-7-10-23(31-14-18)27(28,29)30/h7-10,13-15H,6,11-12,16H2,1-5H3. The number of carbonyl (C=O) groups excluding carboxylic acids is 1. The molecule has 3 aromatic rings. The molecule has 0 atom stereocenters. The number of nitrogens with zero attached hydrogens (tertiary/aromatic N) is 3. The second kappa shape index (κ2) is 12.2. The van der Waals surface area contributed by atoms with Crippen molar-refractivity contribution in [3.05, 3.63) is 65.2 Å². The van der Waals surface area contributed by atoms with Crippen LogP contribution in [0.2, 0.25) is 0 Å². The van der Waals surface area contributed by atoms with Gasteiger partial charge in [-0.3, -0.25) is 4.98 Å². The highest BCUT2D eigenvalue weighted by molar-refractivity contribution is 5.79. The molecule has 0 fully saturated rings. The number of esters is 1. The molecule has 204 valence electrons. The SMILES string of the molecule is CCOC(=O)C(C)(C)Oc1ccc(OCc2cnc(-c3ccc(C(F)(F)F)nc3)nc2CCOC)cc1C. The quantitative estimate of drug-likeness (QED) is 0.305. The number of hydrogen-bond donors (Lipinski definition) is 0. The average molecular weight is 534 g/mol. The molecular weight excluding hydrogens is 503 g/mol. The highest BCUT2D eigenvalue weighted by Crippen LogP contribution is 2.30. The number of pyridine rings is 1. The zero-order valence-corrected chi connectivity index (χ0v) is 21.9. The van der Waals surface area contributed by atoms with Crippen LogP contribution >= 0.6 is 0 Å². The Morgan fingerprint density at radius 3 is 2.42 bits per heavy atom. The third-order valence-electron chi connectivity index (χ3n) is 5.48. The minimum atomic E-state index is -4.52. The number of hydrogen-bond acceptors (Lipinski definition) is 8. The number of ether oxygens (including phenoxy) is 4. The Morgan fingerprint density at radius 2 is 1.82 bits per heavy atom. The maximum absolute atomic E-state index is 12.8. The summed E-state index contributed by atoms with van der Waals surface area (Å²) in [6.45, 7) is 7.64. The van der Waals surface area contributed by atoms with Crippen molar-refractivity contribution in [3.8, 4) is 22.9 Å². The molecule has 0 amide bonds. The van der Waals surface area contributed by atoms with Crippen molar-refractivity contribution in [2.75, 3.05) is 20.3 Å². The number of benzene rings is 1. The number of aryl methyl sites for hydroxylation is 1. The molecule has 0 N–H and O–H groups in total. The summed E-state index contributed by atoms with van der Waals surface area (Å²) >= 11 is 0. The van der Waals surface area contributed by atoms with Crippen molar-refractivity contribution in [2.24, 2.45) is 0 Å². The molecule has 3 rings (SSSR count). The van der Waals surface area contributed by atoms with Crippen LogP contribution in [0.4, 0.5) is 13.2 Å². The molecule has 0 aliphatic carbocycles. The van der Waals surface area contributed by atoms with Crippen LogP contribution in [0, 0.1) is 6.92 Å². The van der Waals surface area contributed by atoms with Crippen molar-refractivity contribution >= 4 is 5.97 Å². The lowest BCUT2D eigenvalue weighted by Crippen LogP contribution is -2.39. The minimum absolute atomic E-state index is 0.151. The Morgan fingerprint density at radius 1 is 1.05 bits per heavy atom. The Kier molecular flexibility index (Phi) is 9.26. The van der Waals surface area contributed by atoms with E-state index in [1.54, 1.807) is 52.3 Å². The van der Waals surface area contributed by atoms with E-state index in [1.807, 2.05) is 6.92 Å². The van der Waals surface area contributed by atoms with Crippen LogP contribution < -0.4 is 9.47 Å². The minimum Gasteiger partial charge on any atom is -0.489 e. The van der Waals surface area contributed by atoms with Gasteiger partial charge in [0.1, 0.15) is 23.8 Å². The Labute approximate surface area is 219 Å². The predicted molar refractivity (Wildman–Crippen MR) is 133 cm³/mol. The van der Waals surface area contributed by atoms with E-state index in [2.05, 4.69) is 15.0 Å². The molecule has 2 aromatic heterocycles. The molecule has 0 bridgehead atoms. The van der Waals surface area contributed by atoms with Crippen LogP contribution in [0.25, 0.3) is 11.4 Å². The van der Waals surface area contributed by atoms with Gasteiger partial charge in [-0.1, -0.05) is 0 Å². The fraction of sp³-hybridized carbons (Fsp3) is 0.407. The number of carbonyl (C=O) groups is 1. The van der Waals surface area contributed by atoms with Crippen molar-refractivity contribution < 1.29 is 36.9 Å². The first-order valence-electron chi connectivity index (χ1n) is 11.9. The van der Waals surface area contributed by atoms with Gasteiger partial charge in [-0.25, -0.2) is 14.8 Å². The smallest absolute Gasteiger partial charge is 0.433 e. The fourth-order valence-corrected chi connectivity index (χ4v) is 3.42. The average Bonchev–Trinajstić information content (AvgIpc) is 2.87. The lowest BCUT2D eigenvalue weighted by molar-refractivity contribution is -0.158. The molecule has 0 spiro atoms. The van der Waals surface area contributed by atoms with E-state index in [9.17, 15) is 18.0 Å². The molecule has 38 heavy (non-hydrogen) atoms. The summed E-state index contributed by atoms with van der Waals surface area (Å²) in [4.78, 5) is 24.5.